The molecule has 1 amide bonds. The van der Waals surface area contributed by atoms with Crippen molar-refractivity contribution in [3.63, 3.8) is 0 Å². The quantitative estimate of drug-likeness (QED) is 0.641. The molecule has 2 aromatic rings. The highest BCUT2D eigenvalue weighted by molar-refractivity contribution is 6.30. The zero-order valence-corrected chi connectivity index (χ0v) is 18.2. The molecule has 1 aliphatic heterocycles. The molecule has 3 atom stereocenters. The first-order valence-corrected chi connectivity index (χ1v) is 11.1. The monoisotopic (exact) mass is 449 g/mol. The third-order valence-corrected chi connectivity index (χ3v) is 6.87. The molecule has 1 aliphatic carbocycles. The molecule has 0 bridgehead atoms. The van der Waals surface area contributed by atoms with Gasteiger partial charge in [-0.2, -0.15) is 0 Å². The fraction of sp³-hybridized carbons (Fsp3) is 0.458. The van der Waals surface area contributed by atoms with E-state index in [2.05, 4.69) is 5.32 Å². The zero-order chi connectivity index (χ0) is 22.0. The van der Waals surface area contributed by atoms with Crippen LogP contribution in [0.15, 0.2) is 36.4 Å². The highest BCUT2D eigenvalue weighted by atomic mass is 35.5. The standard InChI is InChI=1S/C24H26ClF2NO3/c1-2-28-23(29)31-13-16-4-3-11-24(12-15-5-7-17(25)8-6-15)18(16)14-30-22-20(27)10-9-19(26)21(22)24/h5-10,16,18H,2-4,11-14H2,1H3,(H,28,29)/t16-,18?,24-/m0/s1. The summed E-state index contributed by atoms with van der Waals surface area (Å²) in [4.78, 5) is 11.9. The summed E-state index contributed by atoms with van der Waals surface area (Å²) >= 11 is 6.05. The van der Waals surface area contributed by atoms with E-state index in [1.807, 2.05) is 31.2 Å². The van der Waals surface area contributed by atoms with E-state index in [0.29, 0.717) is 30.0 Å². The summed E-state index contributed by atoms with van der Waals surface area (Å²) in [6.07, 6.45) is 2.42. The first kappa shape index (κ1) is 21.9. The first-order valence-electron chi connectivity index (χ1n) is 10.7. The minimum atomic E-state index is -0.652. The minimum Gasteiger partial charge on any atom is -0.490 e. The van der Waals surface area contributed by atoms with Gasteiger partial charge in [-0.25, -0.2) is 13.6 Å². The summed E-state index contributed by atoms with van der Waals surface area (Å²) in [5.74, 6) is -1.13. The van der Waals surface area contributed by atoms with E-state index >= 15 is 4.39 Å². The third kappa shape index (κ3) is 4.22. The number of ether oxygens (including phenoxy) is 2. The number of rotatable bonds is 5. The predicted molar refractivity (Wildman–Crippen MR) is 115 cm³/mol. The van der Waals surface area contributed by atoms with E-state index in [0.717, 1.165) is 24.5 Å². The van der Waals surface area contributed by atoms with Gasteiger partial charge in [-0.05, 0) is 56.0 Å². The summed E-state index contributed by atoms with van der Waals surface area (Å²) in [5, 5.41) is 3.25. The number of halogens is 3. The summed E-state index contributed by atoms with van der Waals surface area (Å²) in [5.41, 5.74) is 0.652. The minimum absolute atomic E-state index is 0.00973. The molecule has 1 unspecified atom stereocenters. The maximum absolute atomic E-state index is 15.2. The van der Waals surface area contributed by atoms with Crippen LogP contribution in [0.5, 0.6) is 5.75 Å². The Balaban J connectivity index is 1.74. The van der Waals surface area contributed by atoms with Gasteiger partial charge in [-0.15, -0.1) is 0 Å². The Bertz CT molecular complexity index is 953. The van der Waals surface area contributed by atoms with Gasteiger partial charge in [0.05, 0.1) is 13.2 Å². The van der Waals surface area contributed by atoms with Crippen LogP contribution >= 0.6 is 11.6 Å². The molecular formula is C24H26ClF2NO3. The number of carbonyl (C=O) groups excluding carboxylic acids is 1. The molecule has 1 N–H and O–H groups in total. The number of nitrogens with one attached hydrogen (secondary N) is 1. The number of hydrogen-bond donors (Lipinski definition) is 1. The van der Waals surface area contributed by atoms with E-state index in [4.69, 9.17) is 21.1 Å². The maximum Gasteiger partial charge on any atom is 0.407 e. The molecule has 0 aromatic heterocycles. The average Bonchev–Trinajstić information content (AvgIpc) is 2.76. The van der Waals surface area contributed by atoms with Crippen LogP contribution in [-0.2, 0) is 16.6 Å². The molecule has 1 fully saturated rings. The van der Waals surface area contributed by atoms with E-state index < -0.39 is 23.1 Å². The normalized spacial score (nSPS) is 24.5. The number of hydrogen-bond acceptors (Lipinski definition) is 3. The Labute approximate surface area is 185 Å². The molecule has 4 rings (SSSR count). The molecule has 2 aliphatic rings. The Kier molecular flexibility index (Phi) is 6.37. The molecule has 4 nitrogen and oxygen atoms in total. The average molecular weight is 450 g/mol. The van der Waals surface area contributed by atoms with Gasteiger partial charge in [0, 0.05) is 34.4 Å². The molecule has 0 radical (unpaired) electrons. The Morgan fingerprint density at radius 2 is 1.97 bits per heavy atom. The van der Waals surface area contributed by atoms with Crippen LogP contribution in [0.3, 0.4) is 0 Å². The second-order valence-corrected chi connectivity index (χ2v) is 8.83. The molecule has 166 valence electrons. The fourth-order valence-corrected chi connectivity index (χ4v) is 5.41. The Morgan fingerprint density at radius 3 is 2.71 bits per heavy atom. The van der Waals surface area contributed by atoms with E-state index in [1.54, 1.807) is 0 Å². The summed E-state index contributed by atoms with van der Waals surface area (Å²) in [6, 6.07) is 9.76. The van der Waals surface area contributed by atoms with E-state index in [9.17, 15) is 9.18 Å². The molecule has 0 spiro atoms. The third-order valence-electron chi connectivity index (χ3n) is 6.62. The molecule has 1 saturated carbocycles. The van der Waals surface area contributed by atoms with Gasteiger partial charge in [0.2, 0.25) is 0 Å². The van der Waals surface area contributed by atoms with Crippen LogP contribution in [0.2, 0.25) is 5.02 Å². The van der Waals surface area contributed by atoms with Crippen molar-refractivity contribution in [3.05, 3.63) is 64.2 Å². The number of alkyl carbamates (subject to hydrolysis) is 1. The Morgan fingerprint density at radius 1 is 1.23 bits per heavy atom. The van der Waals surface area contributed by atoms with Crippen molar-refractivity contribution >= 4 is 17.7 Å². The molecule has 1 heterocycles. The number of amides is 1. The predicted octanol–water partition coefficient (Wildman–Crippen LogP) is 5.65. The highest BCUT2D eigenvalue weighted by Gasteiger charge is 2.52. The van der Waals surface area contributed by atoms with Gasteiger partial charge in [0.15, 0.2) is 11.6 Å². The molecule has 7 heteroatoms. The topological polar surface area (TPSA) is 47.6 Å². The number of benzene rings is 2. The van der Waals surface area contributed by atoms with Gasteiger partial charge in [0.1, 0.15) is 5.82 Å². The first-order chi connectivity index (χ1) is 14.9. The summed E-state index contributed by atoms with van der Waals surface area (Å²) in [6.45, 7) is 2.77. The van der Waals surface area contributed by atoms with Gasteiger partial charge < -0.3 is 14.8 Å². The van der Waals surface area contributed by atoms with Crippen molar-refractivity contribution in [1.29, 1.82) is 0 Å². The van der Waals surface area contributed by atoms with E-state index in [1.165, 1.54) is 6.07 Å². The van der Waals surface area contributed by atoms with Crippen LogP contribution in [0.1, 0.15) is 37.3 Å². The van der Waals surface area contributed by atoms with Crippen molar-refractivity contribution < 1.29 is 23.0 Å². The van der Waals surface area contributed by atoms with Gasteiger partial charge >= 0.3 is 6.09 Å². The van der Waals surface area contributed by atoms with Crippen LogP contribution < -0.4 is 10.1 Å². The SMILES string of the molecule is CCNC(=O)OC[C@@H]1CCC[C@@]2(Cc3ccc(Cl)cc3)c3c(F)ccc(F)c3OCC12. The van der Waals surface area contributed by atoms with Crippen molar-refractivity contribution in [2.45, 2.75) is 38.0 Å². The second-order valence-electron chi connectivity index (χ2n) is 8.39. The lowest BCUT2D eigenvalue weighted by atomic mass is 9.55. The largest absolute Gasteiger partial charge is 0.490 e. The van der Waals surface area contributed by atoms with Gasteiger partial charge in [-0.1, -0.05) is 30.2 Å². The summed E-state index contributed by atoms with van der Waals surface area (Å²) < 4.78 is 41.0. The molecule has 2 aromatic carbocycles. The van der Waals surface area contributed by atoms with Crippen LogP contribution in [0.4, 0.5) is 13.6 Å². The van der Waals surface area contributed by atoms with Crippen molar-refractivity contribution in [1.82, 2.24) is 5.32 Å². The van der Waals surface area contributed by atoms with Gasteiger partial charge in [-0.3, -0.25) is 0 Å². The second kappa shape index (κ2) is 9.03. The summed E-state index contributed by atoms with van der Waals surface area (Å²) in [7, 11) is 0. The lowest BCUT2D eigenvalue weighted by Gasteiger charge is -2.51. The number of fused-ring (bicyclic) bond motifs is 3. The molecular weight excluding hydrogens is 424 g/mol. The lowest BCUT2D eigenvalue weighted by Crippen LogP contribution is -2.52. The molecule has 31 heavy (non-hydrogen) atoms. The van der Waals surface area contributed by atoms with E-state index in [-0.39, 0.29) is 30.8 Å². The zero-order valence-electron chi connectivity index (χ0n) is 17.4. The smallest absolute Gasteiger partial charge is 0.407 e. The van der Waals surface area contributed by atoms with Crippen molar-refractivity contribution in [2.24, 2.45) is 11.8 Å². The van der Waals surface area contributed by atoms with Crippen molar-refractivity contribution in [3.8, 4) is 5.75 Å². The molecule has 0 saturated heterocycles. The maximum atomic E-state index is 15.2. The van der Waals surface area contributed by atoms with Gasteiger partial charge in [0.25, 0.3) is 0 Å². The van der Waals surface area contributed by atoms with Crippen molar-refractivity contribution in [2.75, 3.05) is 19.8 Å². The fourth-order valence-electron chi connectivity index (χ4n) is 5.29. The lowest BCUT2D eigenvalue weighted by molar-refractivity contribution is 0.00303. The van der Waals surface area contributed by atoms with Crippen LogP contribution in [0.25, 0.3) is 0 Å². The highest BCUT2D eigenvalue weighted by Crippen LogP contribution is 2.55. The van der Waals surface area contributed by atoms with Crippen LogP contribution in [0, 0.1) is 23.5 Å². The Hall–Kier alpha value is -2.34. The number of carbonyl (C=O) groups is 1. The van der Waals surface area contributed by atoms with Crippen LogP contribution in [-0.4, -0.2) is 25.9 Å².